The van der Waals surface area contributed by atoms with Crippen LogP contribution in [0.15, 0.2) is 18.2 Å². The van der Waals surface area contributed by atoms with Crippen LogP contribution in [0, 0.1) is 13.8 Å². The zero-order valence-electron chi connectivity index (χ0n) is 17.9. The minimum absolute atomic E-state index is 0.109. The van der Waals surface area contributed by atoms with Crippen molar-refractivity contribution < 1.29 is 4.79 Å². The second-order valence-corrected chi connectivity index (χ2v) is 9.13. The molecule has 1 amide bonds. The van der Waals surface area contributed by atoms with Crippen molar-refractivity contribution in [3.05, 3.63) is 45.2 Å². The van der Waals surface area contributed by atoms with Crippen LogP contribution in [-0.2, 0) is 11.2 Å². The molecule has 8 heteroatoms. The molecule has 1 fully saturated rings. The first-order valence-electron chi connectivity index (χ1n) is 10.9. The van der Waals surface area contributed by atoms with Gasteiger partial charge in [0.15, 0.2) is 5.82 Å². The summed E-state index contributed by atoms with van der Waals surface area (Å²) < 4.78 is 1.73. The molecule has 4 rings (SSSR count). The predicted octanol–water partition coefficient (Wildman–Crippen LogP) is 5.49. The van der Waals surface area contributed by atoms with Gasteiger partial charge in [-0.25, -0.2) is 9.50 Å². The molecule has 1 aliphatic carbocycles. The predicted molar refractivity (Wildman–Crippen MR) is 124 cm³/mol. The van der Waals surface area contributed by atoms with Gasteiger partial charge in [0.25, 0.3) is 5.78 Å². The summed E-state index contributed by atoms with van der Waals surface area (Å²) in [6, 6.07) is 5.56. The van der Waals surface area contributed by atoms with E-state index in [2.05, 4.69) is 20.4 Å². The number of hydrogen-bond acceptors (Lipinski definition) is 4. The maximum atomic E-state index is 12.5. The molecule has 0 radical (unpaired) electrons. The minimum Gasteiger partial charge on any atom is -0.353 e. The SMILES string of the molecule is Cc1nc2nc(-c3ccc(Cl)cc3Cl)nn2c(C)c1CCC(=O)NC1CCCCCC1. The summed E-state index contributed by atoms with van der Waals surface area (Å²) in [7, 11) is 0. The molecule has 1 N–H and O–H groups in total. The van der Waals surface area contributed by atoms with Gasteiger partial charge in [0.1, 0.15) is 0 Å². The van der Waals surface area contributed by atoms with Crippen LogP contribution in [0.5, 0.6) is 0 Å². The number of carbonyl (C=O) groups is 1. The number of rotatable bonds is 5. The van der Waals surface area contributed by atoms with Crippen molar-refractivity contribution >= 4 is 34.9 Å². The summed E-state index contributed by atoms with van der Waals surface area (Å²) in [5.41, 5.74) is 3.54. The van der Waals surface area contributed by atoms with Gasteiger partial charge in [0.05, 0.1) is 5.02 Å². The Morgan fingerprint density at radius 1 is 1.13 bits per heavy atom. The highest BCUT2D eigenvalue weighted by atomic mass is 35.5. The van der Waals surface area contributed by atoms with Gasteiger partial charge >= 0.3 is 0 Å². The molecule has 0 atom stereocenters. The number of amides is 1. The Morgan fingerprint density at radius 2 is 1.87 bits per heavy atom. The van der Waals surface area contributed by atoms with Crippen LogP contribution in [0.4, 0.5) is 0 Å². The molecule has 0 bridgehead atoms. The van der Waals surface area contributed by atoms with E-state index in [9.17, 15) is 4.79 Å². The summed E-state index contributed by atoms with van der Waals surface area (Å²) in [5.74, 6) is 1.13. The molecule has 1 aromatic carbocycles. The first kappa shape index (κ1) is 22.0. The van der Waals surface area contributed by atoms with E-state index in [1.807, 2.05) is 13.8 Å². The molecule has 31 heavy (non-hydrogen) atoms. The van der Waals surface area contributed by atoms with Crippen molar-refractivity contribution in [2.75, 3.05) is 0 Å². The number of hydrogen-bond donors (Lipinski definition) is 1. The lowest BCUT2D eigenvalue weighted by atomic mass is 10.1. The van der Waals surface area contributed by atoms with Crippen LogP contribution in [0.2, 0.25) is 10.0 Å². The highest BCUT2D eigenvalue weighted by Crippen LogP contribution is 2.29. The van der Waals surface area contributed by atoms with E-state index < -0.39 is 0 Å². The third-order valence-corrected chi connectivity index (χ3v) is 6.59. The zero-order chi connectivity index (χ0) is 22.0. The number of aromatic nitrogens is 4. The number of fused-ring (bicyclic) bond motifs is 1. The third kappa shape index (κ3) is 5.01. The summed E-state index contributed by atoms with van der Waals surface area (Å²) >= 11 is 12.3. The van der Waals surface area contributed by atoms with Crippen molar-refractivity contribution in [3.63, 3.8) is 0 Å². The molecule has 6 nitrogen and oxygen atoms in total. The lowest BCUT2D eigenvalue weighted by Gasteiger charge is -2.16. The Labute approximate surface area is 192 Å². The monoisotopic (exact) mass is 459 g/mol. The Kier molecular flexibility index (Phi) is 6.77. The highest BCUT2D eigenvalue weighted by Gasteiger charge is 2.18. The number of nitrogens with one attached hydrogen (secondary N) is 1. The molecule has 2 heterocycles. The fraction of sp³-hybridized carbons (Fsp3) is 0.478. The summed E-state index contributed by atoms with van der Waals surface area (Å²) in [4.78, 5) is 21.7. The fourth-order valence-electron chi connectivity index (χ4n) is 4.32. The Bertz CT molecular complexity index is 1100. The average Bonchev–Trinajstić information content (AvgIpc) is 2.96. The third-order valence-electron chi connectivity index (χ3n) is 6.04. The number of aryl methyl sites for hydroxylation is 2. The smallest absolute Gasteiger partial charge is 0.253 e. The quantitative estimate of drug-likeness (QED) is 0.512. The number of carbonyl (C=O) groups excluding carboxylic acids is 1. The van der Waals surface area contributed by atoms with E-state index in [4.69, 9.17) is 23.2 Å². The molecule has 0 aliphatic heterocycles. The van der Waals surface area contributed by atoms with Crippen LogP contribution >= 0.6 is 23.2 Å². The maximum absolute atomic E-state index is 12.5. The van der Waals surface area contributed by atoms with Gasteiger partial charge in [-0.3, -0.25) is 4.79 Å². The number of benzene rings is 1. The normalized spacial score (nSPS) is 15.2. The summed E-state index contributed by atoms with van der Waals surface area (Å²) in [6.45, 7) is 3.94. The summed E-state index contributed by atoms with van der Waals surface area (Å²) in [6.07, 6.45) is 8.20. The molecule has 1 aliphatic rings. The van der Waals surface area contributed by atoms with Gasteiger partial charge in [-0.05, 0) is 56.9 Å². The van der Waals surface area contributed by atoms with Crippen LogP contribution in [0.3, 0.4) is 0 Å². The molecule has 1 saturated carbocycles. The summed E-state index contributed by atoms with van der Waals surface area (Å²) in [5, 5.41) is 8.90. The zero-order valence-corrected chi connectivity index (χ0v) is 19.4. The number of halogens is 2. The standard InChI is InChI=1S/C23H27Cl2N5O/c1-14-18(11-12-21(31)27-17-7-5-3-4-6-8-17)15(2)30-23(26-14)28-22(29-30)19-10-9-16(24)13-20(19)25/h9-10,13,17H,3-8,11-12H2,1-2H3,(H,27,31). The maximum Gasteiger partial charge on any atom is 0.253 e. The molecule has 164 valence electrons. The largest absolute Gasteiger partial charge is 0.353 e. The van der Waals surface area contributed by atoms with Crippen LogP contribution in [0.1, 0.15) is 61.9 Å². The second kappa shape index (κ2) is 9.53. The van der Waals surface area contributed by atoms with E-state index in [0.717, 1.165) is 29.8 Å². The Morgan fingerprint density at radius 3 is 2.58 bits per heavy atom. The molecular formula is C23H27Cl2N5O. The van der Waals surface area contributed by atoms with Crippen LogP contribution in [0.25, 0.3) is 17.2 Å². The fourth-order valence-corrected chi connectivity index (χ4v) is 4.81. The molecule has 3 aromatic rings. The van der Waals surface area contributed by atoms with Crippen molar-refractivity contribution in [1.82, 2.24) is 24.9 Å². The van der Waals surface area contributed by atoms with E-state index in [1.54, 1.807) is 22.7 Å². The van der Waals surface area contributed by atoms with Crippen LogP contribution in [-0.4, -0.2) is 31.5 Å². The van der Waals surface area contributed by atoms with Gasteiger partial charge in [-0.15, -0.1) is 5.10 Å². The van der Waals surface area contributed by atoms with E-state index in [0.29, 0.717) is 46.1 Å². The van der Waals surface area contributed by atoms with Gasteiger partial charge < -0.3 is 5.32 Å². The van der Waals surface area contributed by atoms with Crippen molar-refractivity contribution in [3.8, 4) is 11.4 Å². The van der Waals surface area contributed by atoms with Crippen molar-refractivity contribution in [2.45, 2.75) is 71.3 Å². The van der Waals surface area contributed by atoms with Crippen molar-refractivity contribution in [2.24, 2.45) is 0 Å². The number of nitrogens with zero attached hydrogens (tertiary/aromatic N) is 4. The molecule has 0 saturated heterocycles. The van der Waals surface area contributed by atoms with Crippen LogP contribution < -0.4 is 5.32 Å². The first-order chi connectivity index (χ1) is 14.9. The van der Waals surface area contributed by atoms with Gasteiger partial charge in [0.2, 0.25) is 5.91 Å². The van der Waals surface area contributed by atoms with Gasteiger partial charge in [-0.2, -0.15) is 4.98 Å². The van der Waals surface area contributed by atoms with Crippen molar-refractivity contribution in [1.29, 1.82) is 0 Å². The van der Waals surface area contributed by atoms with Gasteiger partial charge in [-0.1, -0.05) is 48.9 Å². The first-order valence-corrected chi connectivity index (χ1v) is 11.7. The van der Waals surface area contributed by atoms with Gasteiger partial charge in [0, 0.05) is 34.4 Å². The molecule has 2 aromatic heterocycles. The molecular weight excluding hydrogens is 433 g/mol. The topological polar surface area (TPSA) is 72.2 Å². The van der Waals surface area contributed by atoms with E-state index >= 15 is 0 Å². The average molecular weight is 460 g/mol. The lowest BCUT2D eigenvalue weighted by molar-refractivity contribution is -0.121. The lowest BCUT2D eigenvalue weighted by Crippen LogP contribution is -2.34. The molecule has 0 spiro atoms. The Hall–Kier alpha value is -2.18. The minimum atomic E-state index is 0.109. The Balaban J connectivity index is 1.52. The second-order valence-electron chi connectivity index (χ2n) is 8.29. The molecule has 0 unspecified atom stereocenters. The van der Waals surface area contributed by atoms with E-state index in [-0.39, 0.29) is 5.91 Å². The van der Waals surface area contributed by atoms with E-state index in [1.165, 1.54) is 25.7 Å². The highest BCUT2D eigenvalue weighted by molar-refractivity contribution is 6.36.